The number of benzene rings is 1. The molecular formula is C18H25NO. The van der Waals surface area contributed by atoms with Crippen LogP contribution >= 0.6 is 0 Å². The molecule has 20 heavy (non-hydrogen) atoms. The number of para-hydroxylation sites is 1. The first-order chi connectivity index (χ1) is 9.37. The molecule has 0 aromatic heterocycles. The van der Waals surface area contributed by atoms with E-state index in [1.165, 1.54) is 0 Å². The third-order valence-electron chi connectivity index (χ3n) is 3.61. The van der Waals surface area contributed by atoms with E-state index in [9.17, 15) is 4.79 Å². The Morgan fingerprint density at radius 2 is 1.95 bits per heavy atom. The van der Waals surface area contributed by atoms with Gasteiger partial charge >= 0.3 is 0 Å². The summed E-state index contributed by atoms with van der Waals surface area (Å²) in [6.07, 6.45) is 9.13. The van der Waals surface area contributed by atoms with E-state index in [4.69, 9.17) is 5.73 Å². The number of carbonyl (C=O) groups excluding carboxylic acids is 1. The topological polar surface area (TPSA) is 43.1 Å². The minimum absolute atomic E-state index is 0.0579. The zero-order valence-corrected chi connectivity index (χ0v) is 12.9. The lowest BCUT2D eigenvalue weighted by atomic mass is 9.90. The molecule has 108 valence electrons. The molecule has 2 N–H and O–H groups in total. The number of hydrogen-bond acceptors (Lipinski definition) is 2. The number of nitrogen functional groups attached to an aromatic ring is 1. The third kappa shape index (κ3) is 4.69. The summed E-state index contributed by atoms with van der Waals surface area (Å²) in [5, 5.41) is 0. The van der Waals surface area contributed by atoms with Crippen molar-refractivity contribution >= 4 is 11.5 Å². The van der Waals surface area contributed by atoms with E-state index in [2.05, 4.69) is 26.8 Å². The number of nitrogens with two attached hydrogens (primary N) is 1. The lowest BCUT2D eigenvalue weighted by molar-refractivity contribution is 0.0954. The fourth-order valence-corrected chi connectivity index (χ4v) is 1.72. The molecule has 0 spiro atoms. The SMILES string of the molecule is CCC(C)(C)/C=C\C=C/C(C)C(=O)c1ccccc1N. The Kier molecular flexibility index (Phi) is 5.75. The molecule has 0 bridgehead atoms. The van der Waals surface area contributed by atoms with E-state index < -0.39 is 0 Å². The van der Waals surface area contributed by atoms with Crippen molar-refractivity contribution in [2.75, 3.05) is 5.73 Å². The van der Waals surface area contributed by atoms with Crippen LogP contribution in [0.5, 0.6) is 0 Å². The van der Waals surface area contributed by atoms with Gasteiger partial charge in [-0.3, -0.25) is 4.79 Å². The van der Waals surface area contributed by atoms with Crippen LogP contribution in [0.25, 0.3) is 0 Å². The summed E-state index contributed by atoms with van der Waals surface area (Å²) in [7, 11) is 0. The van der Waals surface area contributed by atoms with Crippen LogP contribution in [-0.4, -0.2) is 5.78 Å². The first kappa shape index (κ1) is 16.2. The normalized spacial score (nSPS) is 14.0. The van der Waals surface area contributed by atoms with Crippen LogP contribution in [-0.2, 0) is 0 Å². The van der Waals surface area contributed by atoms with Crippen LogP contribution in [0, 0.1) is 11.3 Å². The molecule has 1 aromatic rings. The highest BCUT2D eigenvalue weighted by molar-refractivity contribution is 6.02. The third-order valence-corrected chi connectivity index (χ3v) is 3.61. The summed E-state index contributed by atoms with van der Waals surface area (Å²) >= 11 is 0. The quantitative estimate of drug-likeness (QED) is 0.465. The number of anilines is 1. The number of hydrogen-bond donors (Lipinski definition) is 1. The Labute approximate surface area is 122 Å². The van der Waals surface area contributed by atoms with Gasteiger partial charge in [0.05, 0.1) is 0 Å². The second kappa shape index (κ2) is 7.09. The summed E-state index contributed by atoms with van der Waals surface area (Å²) in [6.45, 7) is 8.44. The van der Waals surface area contributed by atoms with E-state index >= 15 is 0 Å². The average Bonchev–Trinajstić information content (AvgIpc) is 2.43. The van der Waals surface area contributed by atoms with Gasteiger partial charge in [0.1, 0.15) is 0 Å². The van der Waals surface area contributed by atoms with Crippen LogP contribution in [0.3, 0.4) is 0 Å². The lowest BCUT2D eigenvalue weighted by Crippen LogP contribution is -2.11. The molecule has 0 aliphatic heterocycles. The molecule has 0 heterocycles. The van der Waals surface area contributed by atoms with Crippen LogP contribution in [0.2, 0.25) is 0 Å². The Morgan fingerprint density at radius 3 is 2.55 bits per heavy atom. The molecule has 1 aromatic carbocycles. The van der Waals surface area contributed by atoms with E-state index in [1.54, 1.807) is 12.1 Å². The van der Waals surface area contributed by atoms with Crippen molar-refractivity contribution in [1.82, 2.24) is 0 Å². The summed E-state index contributed by atoms with van der Waals surface area (Å²) in [4.78, 5) is 12.3. The fraction of sp³-hybridized carbons (Fsp3) is 0.389. The van der Waals surface area contributed by atoms with E-state index in [1.807, 2.05) is 37.3 Å². The van der Waals surface area contributed by atoms with Gasteiger partial charge < -0.3 is 5.73 Å². The van der Waals surface area contributed by atoms with Crippen molar-refractivity contribution in [3.05, 3.63) is 54.1 Å². The summed E-state index contributed by atoms with van der Waals surface area (Å²) < 4.78 is 0. The van der Waals surface area contributed by atoms with Gasteiger partial charge in [0.15, 0.2) is 5.78 Å². The Balaban J connectivity index is 2.70. The molecule has 0 radical (unpaired) electrons. The standard InChI is InChI=1S/C18H25NO/c1-5-18(3,4)13-9-8-10-14(2)17(20)15-11-6-7-12-16(15)19/h6-14H,5,19H2,1-4H3/b10-8-,13-9-. The highest BCUT2D eigenvalue weighted by atomic mass is 16.1. The van der Waals surface area contributed by atoms with Crippen molar-refractivity contribution in [1.29, 1.82) is 0 Å². The molecule has 1 atom stereocenters. The Hall–Kier alpha value is -1.83. The summed E-state index contributed by atoms with van der Waals surface area (Å²) in [5.41, 5.74) is 7.17. The van der Waals surface area contributed by atoms with E-state index in [-0.39, 0.29) is 17.1 Å². The average molecular weight is 271 g/mol. The summed E-state index contributed by atoms with van der Waals surface area (Å²) in [6, 6.07) is 7.21. The minimum atomic E-state index is -0.172. The molecular weight excluding hydrogens is 246 g/mol. The zero-order valence-electron chi connectivity index (χ0n) is 12.9. The first-order valence-corrected chi connectivity index (χ1v) is 7.12. The number of carbonyl (C=O) groups is 1. The number of ketones is 1. The molecule has 0 saturated heterocycles. The van der Waals surface area contributed by atoms with Gasteiger partial charge in [-0.15, -0.1) is 0 Å². The molecule has 2 heteroatoms. The van der Waals surface area contributed by atoms with Crippen LogP contribution < -0.4 is 5.73 Å². The van der Waals surface area contributed by atoms with Crippen LogP contribution in [0.4, 0.5) is 5.69 Å². The highest BCUT2D eigenvalue weighted by Gasteiger charge is 2.14. The van der Waals surface area contributed by atoms with Gasteiger partial charge in [-0.1, -0.05) is 64.1 Å². The number of allylic oxidation sites excluding steroid dienone is 4. The van der Waals surface area contributed by atoms with E-state index in [0.29, 0.717) is 11.3 Å². The van der Waals surface area contributed by atoms with Gasteiger partial charge in [-0.25, -0.2) is 0 Å². The van der Waals surface area contributed by atoms with Crippen molar-refractivity contribution in [2.24, 2.45) is 11.3 Å². The lowest BCUT2D eigenvalue weighted by Gasteiger charge is -2.16. The van der Waals surface area contributed by atoms with Crippen molar-refractivity contribution in [2.45, 2.75) is 34.1 Å². The zero-order chi connectivity index (χ0) is 15.2. The van der Waals surface area contributed by atoms with Crippen molar-refractivity contribution in [3.63, 3.8) is 0 Å². The Bertz CT molecular complexity index is 512. The van der Waals surface area contributed by atoms with Gasteiger partial charge in [0, 0.05) is 17.2 Å². The van der Waals surface area contributed by atoms with Crippen molar-refractivity contribution in [3.8, 4) is 0 Å². The fourth-order valence-electron chi connectivity index (χ4n) is 1.72. The number of Topliss-reactive ketones (excluding diaryl/α,β-unsaturated/α-hetero) is 1. The molecule has 2 nitrogen and oxygen atoms in total. The van der Waals surface area contributed by atoms with Crippen LogP contribution in [0.15, 0.2) is 48.6 Å². The maximum Gasteiger partial charge on any atom is 0.171 e. The molecule has 0 aliphatic carbocycles. The smallest absolute Gasteiger partial charge is 0.171 e. The predicted octanol–water partition coefficient (Wildman–Crippen LogP) is 4.64. The molecule has 0 aliphatic rings. The largest absolute Gasteiger partial charge is 0.398 e. The maximum atomic E-state index is 12.3. The second-order valence-electron chi connectivity index (χ2n) is 5.83. The second-order valence-corrected chi connectivity index (χ2v) is 5.83. The molecule has 1 unspecified atom stereocenters. The number of rotatable bonds is 6. The monoisotopic (exact) mass is 271 g/mol. The Morgan fingerprint density at radius 1 is 1.30 bits per heavy atom. The first-order valence-electron chi connectivity index (χ1n) is 7.12. The maximum absolute atomic E-state index is 12.3. The molecule has 1 rings (SSSR count). The van der Waals surface area contributed by atoms with Crippen molar-refractivity contribution < 1.29 is 4.79 Å². The van der Waals surface area contributed by atoms with E-state index in [0.717, 1.165) is 6.42 Å². The molecule has 0 fully saturated rings. The predicted molar refractivity (Wildman–Crippen MR) is 86.7 cm³/mol. The van der Waals surface area contributed by atoms with Crippen LogP contribution in [0.1, 0.15) is 44.5 Å². The van der Waals surface area contributed by atoms with Gasteiger partial charge in [0.2, 0.25) is 0 Å². The molecule has 0 amide bonds. The van der Waals surface area contributed by atoms with Gasteiger partial charge in [-0.2, -0.15) is 0 Å². The van der Waals surface area contributed by atoms with Gasteiger partial charge in [0.25, 0.3) is 0 Å². The highest BCUT2D eigenvalue weighted by Crippen LogP contribution is 2.21. The minimum Gasteiger partial charge on any atom is -0.398 e. The summed E-state index contributed by atoms with van der Waals surface area (Å²) in [5.74, 6) is -0.114. The van der Waals surface area contributed by atoms with Gasteiger partial charge in [-0.05, 0) is 24.0 Å². The molecule has 0 saturated carbocycles.